The van der Waals surface area contributed by atoms with Gasteiger partial charge >= 0.3 is 0 Å². The van der Waals surface area contributed by atoms with Gasteiger partial charge < -0.3 is 4.74 Å². The monoisotopic (exact) mass is 378 g/mol. The lowest BCUT2D eigenvalue weighted by molar-refractivity contribution is 0.203. The fourth-order valence-electron chi connectivity index (χ4n) is 3.47. The largest absolute Gasteiger partial charge is 0.467 e. The van der Waals surface area contributed by atoms with E-state index in [0.717, 1.165) is 24.1 Å². The van der Waals surface area contributed by atoms with Crippen LogP contribution in [-0.4, -0.2) is 30.0 Å². The van der Waals surface area contributed by atoms with Crippen LogP contribution in [0.15, 0.2) is 42.6 Å². The highest BCUT2D eigenvalue weighted by molar-refractivity contribution is 5.60. The number of halogens is 1. The SMILES string of the molecule is CC(Oc1nn2c(-c3ccccc3F)nnc2cc1C1CCC1)c1cc[nH]n1. The topological polar surface area (TPSA) is 81.0 Å². The minimum atomic E-state index is -0.367. The Morgan fingerprint density at radius 3 is 2.79 bits per heavy atom. The van der Waals surface area contributed by atoms with Crippen molar-refractivity contribution in [3.63, 3.8) is 0 Å². The Morgan fingerprint density at radius 1 is 1.21 bits per heavy atom. The number of hydrogen-bond acceptors (Lipinski definition) is 5. The summed E-state index contributed by atoms with van der Waals surface area (Å²) in [4.78, 5) is 0. The van der Waals surface area contributed by atoms with Gasteiger partial charge in [0.1, 0.15) is 17.6 Å². The van der Waals surface area contributed by atoms with Crippen LogP contribution in [0.25, 0.3) is 17.0 Å². The maximum absolute atomic E-state index is 14.3. The van der Waals surface area contributed by atoms with Crippen molar-refractivity contribution in [3.05, 3.63) is 59.7 Å². The summed E-state index contributed by atoms with van der Waals surface area (Å²) in [5.74, 6) is 0.900. The first-order chi connectivity index (χ1) is 13.7. The minimum Gasteiger partial charge on any atom is -0.467 e. The van der Waals surface area contributed by atoms with E-state index in [9.17, 15) is 4.39 Å². The number of benzene rings is 1. The first-order valence-corrected chi connectivity index (χ1v) is 9.38. The fraction of sp³-hybridized carbons (Fsp3) is 0.300. The Hall–Kier alpha value is -3.29. The van der Waals surface area contributed by atoms with Gasteiger partial charge in [-0.05, 0) is 49.9 Å². The molecule has 1 saturated carbocycles. The van der Waals surface area contributed by atoms with E-state index < -0.39 is 0 Å². The molecule has 8 heteroatoms. The summed E-state index contributed by atoms with van der Waals surface area (Å²) in [5.41, 5.74) is 2.75. The molecule has 1 N–H and O–H groups in total. The van der Waals surface area contributed by atoms with E-state index in [4.69, 9.17) is 4.74 Å². The molecule has 4 aromatic rings. The molecule has 1 aliphatic rings. The second-order valence-electron chi connectivity index (χ2n) is 7.07. The molecular weight excluding hydrogens is 359 g/mol. The van der Waals surface area contributed by atoms with E-state index >= 15 is 0 Å². The third kappa shape index (κ3) is 2.81. The van der Waals surface area contributed by atoms with Gasteiger partial charge in [-0.25, -0.2) is 4.39 Å². The van der Waals surface area contributed by atoms with E-state index in [1.165, 1.54) is 12.5 Å². The van der Waals surface area contributed by atoms with Gasteiger partial charge in [0.2, 0.25) is 5.88 Å². The molecule has 1 aliphatic carbocycles. The highest BCUT2D eigenvalue weighted by Crippen LogP contribution is 2.41. The standard InChI is InChI=1S/C20H19FN6O/c1-12(17-9-10-22-23-17)28-20-15(13-5-4-6-13)11-18-24-25-19(27(18)26-20)14-7-2-3-8-16(14)21/h2-3,7-13H,4-6H2,1H3,(H,22,23). The van der Waals surface area contributed by atoms with Gasteiger partial charge in [0.15, 0.2) is 11.5 Å². The Bertz CT molecular complexity index is 1120. The average Bonchev–Trinajstić information content (AvgIpc) is 3.31. The van der Waals surface area contributed by atoms with E-state index in [2.05, 4.69) is 25.5 Å². The van der Waals surface area contributed by atoms with Crippen LogP contribution in [0.5, 0.6) is 5.88 Å². The number of aromatic nitrogens is 6. The molecule has 5 rings (SSSR count). The molecule has 0 amide bonds. The first-order valence-electron chi connectivity index (χ1n) is 9.38. The normalized spacial score (nSPS) is 15.5. The van der Waals surface area contributed by atoms with Crippen LogP contribution in [0.4, 0.5) is 4.39 Å². The molecule has 0 radical (unpaired) electrons. The molecule has 28 heavy (non-hydrogen) atoms. The van der Waals surface area contributed by atoms with Gasteiger partial charge in [-0.15, -0.1) is 15.3 Å². The van der Waals surface area contributed by atoms with Crippen LogP contribution in [0.3, 0.4) is 0 Å². The maximum Gasteiger partial charge on any atom is 0.236 e. The molecule has 0 aliphatic heterocycles. The van der Waals surface area contributed by atoms with Gasteiger partial charge in [0, 0.05) is 11.8 Å². The summed E-state index contributed by atoms with van der Waals surface area (Å²) in [6.07, 6.45) is 4.87. The molecular formula is C20H19FN6O. The number of nitrogens with one attached hydrogen (secondary N) is 1. The molecule has 0 bridgehead atoms. The Morgan fingerprint density at radius 2 is 2.07 bits per heavy atom. The Balaban J connectivity index is 1.62. The smallest absolute Gasteiger partial charge is 0.236 e. The zero-order chi connectivity index (χ0) is 19.1. The van der Waals surface area contributed by atoms with Gasteiger partial charge in [-0.3, -0.25) is 5.10 Å². The van der Waals surface area contributed by atoms with Gasteiger partial charge in [-0.1, -0.05) is 18.6 Å². The minimum absolute atomic E-state index is 0.275. The van der Waals surface area contributed by atoms with E-state index in [1.54, 1.807) is 28.9 Å². The number of hydrogen-bond donors (Lipinski definition) is 1. The molecule has 1 aromatic carbocycles. The van der Waals surface area contributed by atoms with Crippen LogP contribution >= 0.6 is 0 Å². The lowest BCUT2D eigenvalue weighted by Crippen LogP contribution is -2.15. The van der Waals surface area contributed by atoms with Crippen molar-refractivity contribution < 1.29 is 9.13 Å². The summed E-state index contributed by atoms with van der Waals surface area (Å²) in [6, 6.07) is 10.3. The van der Waals surface area contributed by atoms with Crippen molar-refractivity contribution >= 4 is 5.65 Å². The van der Waals surface area contributed by atoms with E-state index in [1.807, 2.05) is 19.1 Å². The second-order valence-corrected chi connectivity index (χ2v) is 7.07. The van der Waals surface area contributed by atoms with Crippen molar-refractivity contribution in [3.8, 4) is 17.3 Å². The van der Waals surface area contributed by atoms with Crippen LogP contribution in [0.1, 0.15) is 49.5 Å². The van der Waals surface area contributed by atoms with Crippen molar-refractivity contribution in [2.75, 3.05) is 0 Å². The number of H-pyrrole nitrogens is 1. The first kappa shape index (κ1) is 16.9. The molecule has 1 unspecified atom stereocenters. The average molecular weight is 378 g/mol. The zero-order valence-corrected chi connectivity index (χ0v) is 15.3. The summed E-state index contributed by atoms with van der Waals surface area (Å²) >= 11 is 0. The summed E-state index contributed by atoms with van der Waals surface area (Å²) in [5, 5.41) is 20.1. The van der Waals surface area contributed by atoms with Crippen LogP contribution in [-0.2, 0) is 0 Å². The van der Waals surface area contributed by atoms with E-state index in [-0.39, 0.29) is 11.9 Å². The summed E-state index contributed by atoms with van der Waals surface area (Å²) < 4.78 is 22.0. The fourth-order valence-corrected chi connectivity index (χ4v) is 3.47. The second kappa shape index (κ2) is 6.70. The molecule has 1 fully saturated rings. The number of rotatable bonds is 5. The van der Waals surface area contributed by atoms with Crippen molar-refractivity contribution in [2.45, 2.75) is 38.2 Å². The predicted octanol–water partition coefficient (Wildman–Crippen LogP) is 4.06. The molecule has 7 nitrogen and oxygen atoms in total. The number of fused-ring (bicyclic) bond motifs is 1. The van der Waals surface area contributed by atoms with Crippen LogP contribution < -0.4 is 4.74 Å². The summed E-state index contributed by atoms with van der Waals surface area (Å²) in [6.45, 7) is 1.93. The van der Waals surface area contributed by atoms with Gasteiger partial charge in [0.25, 0.3) is 0 Å². The third-order valence-electron chi connectivity index (χ3n) is 5.27. The Labute approximate surface area is 160 Å². The summed E-state index contributed by atoms with van der Waals surface area (Å²) in [7, 11) is 0. The van der Waals surface area contributed by atoms with Gasteiger partial charge in [0.05, 0.1) is 5.56 Å². The van der Waals surface area contributed by atoms with Crippen molar-refractivity contribution in [1.29, 1.82) is 0 Å². The van der Waals surface area contributed by atoms with Crippen molar-refractivity contribution in [1.82, 2.24) is 30.0 Å². The lowest BCUT2D eigenvalue weighted by Gasteiger charge is -2.27. The quantitative estimate of drug-likeness (QED) is 0.566. The van der Waals surface area contributed by atoms with Crippen LogP contribution in [0.2, 0.25) is 0 Å². The molecule has 0 spiro atoms. The number of aromatic amines is 1. The highest BCUT2D eigenvalue weighted by Gasteiger charge is 2.27. The Kier molecular flexibility index (Phi) is 4.03. The van der Waals surface area contributed by atoms with Crippen molar-refractivity contribution in [2.24, 2.45) is 0 Å². The molecule has 0 saturated heterocycles. The lowest BCUT2D eigenvalue weighted by atomic mass is 9.80. The van der Waals surface area contributed by atoms with E-state index in [0.29, 0.717) is 28.8 Å². The van der Waals surface area contributed by atoms with Crippen LogP contribution in [0, 0.1) is 5.82 Å². The predicted molar refractivity (Wildman–Crippen MR) is 100 cm³/mol. The maximum atomic E-state index is 14.3. The number of ether oxygens (including phenoxy) is 1. The number of nitrogens with zero attached hydrogens (tertiary/aromatic N) is 5. The van der Waals surface area contributed by atoms with Gasteiger partial charge in [-0.2, -0.15) is 9.61 Å². The molecule has 142 valence electrons. The zero-order valence-electron chi connectivity index (χ0n) is 15.3. The molecule has 3 heterocycles. The molecule has 1 atom stereocenters. The molecule has 3 aromatic heterocycles. The third-order valence-corrected chi connectivity index (χ3v) is 5.27. The highest BCUT2D eigenvalue weighted by atomic mass is 19.1.